The summed E-state index contributed by atoms with van der Waals surface area (Å²) in [5.41, 5.74) is 9.26. The van der Waals surface area contributed by atoms with Gasteiger partial charge in [-0.3, -0.25) is 4.98 Å². The summed E-state index contributed by atoms with van der Waals surface area (Å²) in [7, 11) is 0. The van der Waals surface area contributed by atoms with E-state index in [1.165, 1.54) is 0 Å². The maximum atomic E-state index is 6.15. The second kappa shape index (κ2) is 5.93. The van der Waals surface area contributed by atoms with Gasteiger partial charge in [-0.25, -0.2) is 0 Å². The van der Waals surface area contributed by atoms with Crippen LogP contribution in [0.2, 0.25) is 0 Å². The van der Waals surface area contributed by atoms with Crippen molar-refractivity contribution in [1.29, 1.82) is 0 Å². The highest BCUT2D eigenvalue weighted by Crippen LogP contribution is 2.22. The molecule has 0 radical (unpaired) electrons. The van der Waals surface area contributed by atoms with E-state index in [2.05, 4.69) is 42.0 Å². The molecule has 21 heavy (non-hydrogen) atoms. The molecule has 0 aromatic carbocycles. The molecule has 5 nitrogen and oxygen atoms in total. The summed E-state index contributed by atoms with van der Waals surface area (Å²) in [6.45, 7) is 10.5. The summed E-state index contributed by atoms with van der Waals surface area (Å²) in [6, 6.07) is 2.08. The van der Waals surface area contributed by atoms with Crippen molar-refractivity contribution >= 4 is 0 Å². The molecule has 0 aliphatic carbocycles. The molecule has 0 bridgehead atoms. The fourth-order valence-electron chi connectivity index (χ4n) is 2.47. The van der Waals surface area contributed by atoms with Crippen molar-refractivity contribution in [2.24, 2.45) is 11.1 Å². The molecule has 114 valence electrons. The predicted octanol–water partition coefficient (Wildman–Crippen LogP) is 3.05. The summed E-state index contributed by atoms with van der Waals surface area (Å²) >= 11 is 0. The smallest absolute Gasteiger partial charge is 0.228 e. The number of pyridine rings is 1. The van der Waals surface area contributed by atoms with Gasteiger partial charge in [0.15, 0.2) is 0 Å². The molecular formula is C16H24N4O. The largest absolute Gasteiger partial charge is 0.339 e. The van der Waals surface area contributed by atoms with Gasteiger partial charge in [0.05, 0.1) is 0 Å². The topological polar surface area (TPSA) is 77.8 Å². The van der Waals surface area contributed by atoms with Gasteiger partial charge in [-0.2, -0.15) is 4.98 Å². The van der Waals surface area contributed by atoms with E-state index in [1.54, 1.807) is 0 Å². The van der Waals surface area contributed by atoms with Gasteiger partial charge in [0, 0.05) is 18.7 Å². The Labute approximate surface area is 126 Å². The van der Waals surface area contributed by atoms with Crippen molar-refractivity contribution in [1.82, 2.24) is 15.1 Å². The Morgan fingerprint density at radius 2 is 2.00 bits per heavy atom. The molecule has 2 rings (SSSR count). The molecule has 5 heteroatoms. The number of hydrogen-bond donors (Lipinski definition) is 1. The molecular weight excluding hydrogens is 264 g/mol. The van der Waals surface area contributed by atoms with E-state index in [1.807, 2.05) is 20.0 Å². The van der Waals surface area contributed by atoms with E-state index in [-0.39, 0.29) is 11.5 Å². The molecule has 0 saturated heterocycles. The minimum absolute atomic E-state index is 0.0189. The predicted molar refractivity (Wildman–Crippen MR) is 82.8 cm³/mol. The van der Waals surface area contributed by atoms with E-state index < -0.39 is 0 Å². The number of rotatable bonds is 4. The van der Waals surface area contributed by atoms with Crippen LogP contribution in [0.25, 0.3) is 11.5 Å². The Kier molecular flexibility index (Phi) is 4.42. The first-order valence-corrected chi connectivity index (χ1v) is 7.26. The van der Waals surface area contributed by atoms with Gasteiger partial charge in [0.2, 0.25) is 11.7 Å². The molecule has 0 saturated carbocycles. The van der Waals surface area contributed by atoms with Crippen LogP contribution in [0.4, 0.5) is 0 Å². The third kappa shape index (κ3) is 4.36. The first-order valence-electron chi connectivity index (χ1n) is 7.26. The lowest BCUT2D eigenvalue weighted by Gasteiger charge is -2.21. The number of nitrogens with two attached hydrogens (primary N) is 1. The zero-order chi connectivity index (χ0) is 15.6. The number of aromatic nitrogens is 3. The molecule has 0 aliphatic heterocycles. The van der Waals surface area contributed by atoms with E-state index in [0.29, 0.717) is 18.1 Å². The standard InChI is InChI=1S/C16H24N4O/c1-10-6-11(2)14(18-9-10)15-19-13(21-20-15)7-12(17)8-16(3,4)5/h6,9,12H,7-8,17H2,1-5H3. The third-order valence-electron chi connectivity index (χ3n) is 3.21. The number of hydrogen-bond acceptors (Lipinski definition) is 5. The minimum Gasteiger partial charge on any atom is -0.339 e. The zero-order valence-electron chi connectivity index (χ0n) is 13.5. The lowest BCUT2D eigenvalue weighted by molar-refractivity contribution is 0.313. The molecule has 2 aromatic rings. The van der Waals surface area contributed by atoms with E-state index in [4.69, 9.17) is 10.3 Å². The van der Waals surface area contributed by atoms with Crippen LogP contribution >= 0.6 is 0 Å². The first-order chi connectivity index (χ1) is 9.74. The summed E-state index contributed by atoms with van der Waals surface area (Å²) in [4.78, 5) is 8.80. The van der Waals surface area contributed by atoms with Crippen LogP contribution in [-0.4, -0.2) is 21.2 Å². The molecule has 0 amide bonds. The normalized spacial score (nSPS) is 13.4. The van der Waals surface area contributed by atoms with Gasteiger partial charge in [0.25, 0.3) is 0 Å². The molecule has 1 unspecified atom stereocenters. The Hall–Kier alpha value is -1.75. The summed E-state index contributed by atoms with van der Waals surface area (Å²) in [5, 5.41) is 4.02. The van der Waals surface area contributed by atoms with E-state index >= 15 is 0 Å². The molecule has 2 heterocycles. The molecule has 2 aromatic heterocycles. The number of nitrogens with zero attached hydrogens (tertiary/aromatic N) is 3. The SMILES string of the molecule is Cc1cnc(-c2noc(CC(N)CC(C)(C)C)n2)c(C)c1. The highest BCUT2D eigenvalue weighted by Gasteiger charge is 2.19. The minimum atomic E-state index is 0.0189. The second-order valence-electron chi connectivity index (χ2n) is 6.92. The fraction of sp³-hybridized carbons (Fsp3) is 0.562. The molecule has 2 N–H and O–H groups in total. The maximum Gasteiger partial charge on any atom is 0.228 e. The highest BCUT2D eigenvalue weighted by molar-refractivity contribution is 5.53. The molecule has 0 fully saturated rings. The van der Waals surface area contributed by atoms with Crippen LogP contribution in [0.15, 0.2) is 16.8 Å². The van der Waals surface area contributed by atoms with Crippen LogP contribution in [-0.2, 0) is 6.42 Å². The van der Waals surface area contributed by atoms with Gasteiger partial charge < -0.3 is 10.3 Å². The molecule has 0 spiro atoms. The van der Waals surface area contributed by atoms with E-state index in [0.717, 1.165) is 23.2 Å². The lowest BCUT2D eigenvalue weighted by atomic mass is 9.87. The first kappa shape index (κ1) is 15.6. The van der Waals surface area contributed by atoms with Gasteiger partial charge in [0.1, 0.15) is 5.69 Å². The average molecular weight is 288 g/mol. The molecule has 1 atom stereocenters. The lowest BCUT2D eigenvalue weighted by Crippen LogP contribution is -2.28. The number of aryl methyl sites for hydroxylation is 2. The quantitative estimate of drug-likeness (QED) is 0.935. The Balaban J connectivity index is 2.11. The van der Waals surface area contributed by atoms with Crippen molar-refractivity contribution in [2.75, 3.05) is 0 Å². The van der Waals surface area contributed by atoms with Crippen LogP contribution in [0.3, 0.4) is 0 Å². The van der Waals surface area contributed by atoms with Crippen molar-refractivity contribution < 1.29 is 4.52 Å². The van der Waals surface area contributed by atoms with Crippen molar-refractivity contribution in [2.45, 2.75) is 53.5 Å². The summed E-state index contributed by atoms with van der Waals surface area (Å²) < 4.78 is 5.31. The zero-order valence-corrected chi connectivity index (χ0v) is 13.5. The average Bonchev–Trinajstić information content (AvgIpc) is 2.74. The fourth-order valence-corrected chi connectivity index (χ4v) is 2.47. The van der Waals surface area contributed by atoms with Crippen molar-refractivity contribution in [3.8, 4) is 11.5 Å². The monoisotopic (exact) mass is 288 g/mol. The Bertz CT molecular complexity index is 613. The highest BCUT2D eigenvalue weighted by atomic mass is 16.5. The molecule has 0 aliphatic rings. The van der Waals surface area contributed by atoms with Crippen molar-refractivity contribution in [3.63, 3.8) is 0 Å². The van der Waals surface area contributed by atoms with Gasteiger partial charge in [-0.15, -0.1) is 0 Å². The van der Waals surface area contributed by atoms with Gasteiger partial charge >= 0.3 is 0 Å². The summed E-state index contributed by atoms with van der Waals surface area (Å²) in [6.07, 6.45) is 3.31. The second-order valence-corrected chi connectivity index (χ2v) is 6.92. The van der Waals surface area contributed by atoms with E-state index in [9.17, 15) is 0 Å². The van der Waals surface area contributed by atoms with Crippen LogP contribution < -0.4 is 5.73 Å². The Morgan fingerprint density at radius 1 is 1.29 bits per heavy atom. The van der Waals surface area contributed by atoms with Crippen molar-refractivity contribution in [3.05, 3.63) is 29.3 Å². The van der Waals surface area contributed by atoms with Crippen LogP contribution in [0.5, 0.6) is 0 Å². The summed E-state index contributed by atoms with van der Waals surface area (Å²) in [5.74, 6) is 1.11. The Morgan fingerprint density at radius 3 is 2.62 bits per heavy atom. The van der Waals surface area contributed by atoms with Gasteiger partial charge in [-0.1, -0.05) is 32.0 Å². The van der Waals surface area contributed by atoms with Crippen LogP contribution in [0, 0.1) is 19.3 Å². The van der Waals surface area contributed by atoms with Gasteiger partial charge in [-0.05, 0) is 36.8 Å². The third-order valence-corrected chi connectivity index (χ3v) is 3.21. The maximum absolute atomic E-state index is 6.15. The van der Waals surface area contributed by atoms with Crippen LogP contribution in [0.1, 0.15) is 44.2 Å².